The van der Waals surface area contributed by atoms with E-state index in [2.05, 4.69) is 17.6 Å². The lowest BCUT2D eigenvalue weighted by Crippen LogP contribution is -2.05. The Morgan fingerprint density at radius 3 is 2.44 bits per heavy atom. The van der Waals surface area contributed by atoms with E-state index in [0.29, 0.717) is 0 Å². The van der Waals surface area contributed by atoms with Crippen molar-refractivity contribution in [3.8, 4) is 0 Å². The van der Waals surface area contributed by atoms with Gasteiger partial charge in [0.25, 0.3) is 0 Å². The van der Waals surface area contributed by atoms with Crippen molar-refractivity contribution in [3.63, 3.8) is 0 Å². The second kappa shape index (κ2) is 7.58. The molecule has 4 aromatic rings. The van der Waals surface area contributed by atoms with Gasteiger partial charge in [0.2, 0.25) is 0 Å². The third-order valence-corrected chi connectivity index (χ3v) is 5.72. The molecule has 0 bridgehead atoms. The Bertz CT molecular complexity index is 1110. The molecule has 27 heavy (non-hydrogen) atoms. The number of benzene rings is 3. The monoisotopic (exact) mass is 375 g/mol. The maximum absolute atomic E-state index is 13.4. The van der Waals surface area contributed by atoms with Gasteiger partial charge in [-0.2, -0.15) is 0 Å². The van der Waals surface area contributed by atoms with Gasteiger partial charge in [0.15, 0.2) is 5.78 Å². The van der Waals surface area contributed by atoms with Crippen LogP contribution in [0.4, 0.5) is 0 Å². The van der Waals surface area contributed by atoms with E-state index in [-0.39, 0.29) is 11.2 Å². The van der Waals surface area contributed by atoms with Gasteiger partial charge in [-0.1, -0.05) is 67.6 Å². The fourth-order valence-corrected chi connectivity index (χ4v) is 3.76. The predicted molar refractivity (Wildman–Crippen MR) is 114 cm³/mol. The first-order valence-electron chi connectivity index (χ1n) is 9.43. The van der Waals surface area contributed by atoms with Crippen molar-refractivity contribution in [2.45, 2.75) is 31.7 Å². The molecule has 1 unspecified atom stereocenters. The minimum absolute atomic E-state index is 0.0691. The zero-order chi connectivity index (χ0) is 18.8. The molecule has 0 aliphatic heterocycles. The number of nitrogens with zero attached hydrogens (tertiary/aromatic N) is 1. The number of aromatic nitrogens is 1. The molecule has 0 N–H and O–H groups in total. The van der Waals surface area contributed by atoms with Crippen molar-refractivity contribution in [3.05, 3.63) is 84.1 Å². The molecule has 0 radical (unpaired) electrons. The van der Waals surface area contributed by atoms with Gasteiger partial charge >= 0.3 is 0 Å². The standard InChI is InChI=1S/C24H22ClNO/c1-2-18(25)14-15-26-16-22(20-11-5-6-13-23(20)26)24(27)21-12-7-9-17-8-3-4-10-19(17)21/h3-13,16,18H,2,14-15H2,1H3. The van der Waals surface area contributed by atoms with E-state index in [1.165, 1.54) is 0 Å². The molecular weight excluding hydrogens is 354 g/mol. The molecule has 4 rings (SSSR count). The predicted octanol–water partition coefficient (Wildman–Crippen LogP) is 6.43. The summed E-state index contributed by atoms with van der Waals surface area (Å²) in [4.78, 5) is 13.4. The van der Waals surface area contributed by atoms with Crippen LogP contribution in [-0.2, 0) is 6.54 Å². The number of halogens is 1. The lowest BCUT2D eigenvalue weighted by molar-refractivity contribution is 0.104. The zero-order valence-electron chi connectivity index (χ0n) is 15.4. The second-order valence-electron chi connectivity index (χ2n) is 6.90. The molecule has 3 heteroatoms. The summed E-state index contributed by atoms with van der Waals surface area (Å²) in [6, 6.07) is 22.1. The summed E-state index contributed by atoms with van der Waals surface area (Å²) in [5.74, 6) is 0.0691. The summed E-state index contributed by atoms with van der Waals surface area (Å²) in [6.45, 7) is 2.91. The Morgan fingerprint density at radius 2 is 1.63 bits per heavy atom. The molecule has 1 atom stereocenters. The fourth-order valence-electron chi connectivity index (χ4n) is 3.66. The Balaban J connectivity index is 1.80. The molecular formula is C24H22ClNO. The minimum Gasteiger partial charge on any atom is -0.347 e. The van der Waals surface area contributed by atoms with Crippen molar-refractivity contribution < 1.29 is 4.79 Å². The largest absolute Gasteiger partial charge is 0.347 e. The first-order chi connectivity index (χ1) is 13.2. The van der Waals surface area contributed by atoms with E-state index in [9.17, 15) is 4.79 Å². The van der Waals surface area contributed by atoms with E-state index in [0.717, 1.165) is 52.2 Å². The Kier molecular flexibility index (Phi) is 5.00. The van der Waals surface area contributed by atoms with Crippen LogP contribution in [0, 0.1) is 0 Å². The van der Waals surface area contributed by atoms with Crippen molar-refractivity contribution in [1.82, 2.24) is 4.57 Å². The number of alkyl halides is 1. The molecule has 1 heterocycles. The second-order valence-corrected chi connectivity index (χ2v) is 7.52. The molecule has 0 saturated heterocycles. The third-order valence-electron chi connectivity index (χ3n) is 5.19. The van der Waals surface area contributed by atoms with Crippen molar-refractivity contribution >= 4 is 39.1 Å². The summed E-state index contributed by atoms with van der Waals surface area (Å²) in [5, 5.41) is 3.23. The topological polar surface area (TPSA) is 22.0 Å². The molecule has 2 nitrogen and oxygen atoms in total. The average Bonchev–Trinajstić information content (AvgIpc) is 3.10. The average molecular weight is 376 g/mol. The van der Waals surface area contributed by atoms with Gasteiger partial charge < -0.3 is 4.57 Å². The van der Waals surface area contributed by atoms with E-state index < -0.39 is 0 Å². The molecule has 0 amide bonds. The third kappa shape index (κ3) is 3.38. The van der Waals surface area contributed by atoms with Gasteiger partial charge in [0.05, 0.1) is 0 Å². The van der Waals surface area contributed by atoms with Crippen LogP contribution in [0.5, 0.6) is 0 Å². The molecule has 0 saturated carbocycles. The number of carbonyl (C=O) groups is 1. The van der Waals surface area contributed by atoms with Crippen molar-refractivity contribution in [2.75, 3.05) is 0 Å². The normalized spacial score (nSPS) is 12.5. The summed E-state index contributed by atoms with van der Waals surface area (Å²) in [6.07, 6.45) is 3.83. The summed E-state index contributed by atoms with van der Waals surface area (Å²) in [7, 11) is 0. The van der Waals surface area contributed by atoms with Crippen LogP contribution in [0.2, 0.25) is 0 Å². The number of fused-ring (bicyclic) bond motifs is 2. The van der Waals surface area contributed by atoms with Gasteiger partial charge in [0, 0.05) is 40.1 Å². The van der Waals surface area contributed by atoms with Gasteiger partial charge in [-0.3, -0.25) is 4.79 Å². The molecule has 136 valence electrons. The van der Waals surface area contributed by atoms with E-state index >= 15 is 0 Å². The van der Waals surface area contributed by atoms with Crippen molar-refractivity contribution in [2.24, 2.45) is 0 Å². The molecule has 0 fully saturated rings. The molecule has 1 aromatic heterocycles. The van der Waals surface area contributed by atoms with Crippen LogP contribution in [0.25, 0.3) is 21.7 Å². The smallest absolute Gasteiger partial charge is 0.195 e. The van der Waals surface area contributed by atoms with Gasteiger partial charge in [-0.15, -0.1) is 11.6 Å². The highest BCUT2D eigenvalue weighted by Gasteiger charge is 2.18. The van der Waals surface area contributed by atoms with Crippen molar-refractivity contribution in [1.29, 1.82) is 0 Å². The Labute approximate surface area is 164 Å². The minimum atomic E-state index is 0.0691. The Hall–Kier alpha value is -2.58. The van der Waals surface area contributed by atoms with Crippen LogP contribution < -0.4 is 0 Å². The van der Waals surface area contributed by atoms with E-state index in [1.54, 1.807) is 0 Å². The van der Waals surface area contributed by atoms with Gasteiger partial charge in [0.1, 0.15) is 0 Å². The lowest BCUT2D eigenvalue weighted by atomic mass is 9.97. The molecule has 0 spiro atoms. The number of hydrogen-bond donors (Lipinski definition) is 0. The SMILES string of the molecule is CCC(Cl)CCn1cc(C(=O)c2cccc3ccccc23)c2ccccc21. The maximum Gasteiger partial charge on any atom is 0.195 e. The zero-order valence-corrected chi connectivity index (χ0v) is 16.1. The highest BCUT2D eigenvalue weighted by molar-refractivity contribution is 6.21. The number of aryl methyl sites for hydroxylation is 1. The first-order valence-corrected chi connectivity index (χ1v) is 9.87. The lowest BCUT2D eigenvalue weighted by Gasteiger charge is -2.08. The van der Waals surface area contributed by atoms with E-state index in [1.807, 2.05) is 66.9 Å². The maximum atomic E-state index is 13.4. The fraction of sp³-hybridized carbons (Fsp3) is 0.208. The van der Waals surface area contributed by atoms with Gasteiger partial charge in [-0.25, -0.2) is 0 Å². The summed E-state index contributed by atoms with van der Waals surface area (Å²) < 4.78 is 2.17. The van der Waals surface area contributed by atoms with Crippen LogP contribution >= 0.6 is 11.6 Å². The number of hydrogen-bond acceptors (Lipinski definition) is 1. The first kappa shape index (κ1) is 17.8. The molecule has 3 aromatic carbocycles. The highest BCUT2D eigenvalue weighted by atomic mass is 35.5. The summed E-state index contributed by atoms with van der Waals surface area (Å²) >= 11 is 6.32. The quantitative estimate of drug-likeness (QED) is 0.281. The van der Waals surface area contributed by atoms with Crippen LogP contribution in [-0.4, -0.2) is 15.7 Å². The molecule has 0 aliphatic carbocycles. The van der Waals surface area contributed by atoms with Crippen LogP contribution in [0.1, 0.15) is 35.7 Å². The van der Waals surface area contributed by atoms with Gasteiger partial charge in [-0.05, 0) is 29.7 Å². The highest BCUT2D eigenvalue weighted by Crippen LogP contribution is 2.27. The number of rotatable bonds is 6. The van der Waals surface area contributed by atoms with Crippen LogP contribution in [0.15, 0.2) is 72.9 Å². The number of carbonyl (C=O) groups excluding carboxylic acids is 1. The van der Waals surface area contributed by atoms with Crippen LogP contribution in [0.3, 0.4) is 0 Å². The number of para-hydroxylation sites is 1. The molecule has 0 aliphatic rings. The summed E-state index contributed by atoms with van der Waals surface area (Å²) in [5.41, 5.74) is 2.59. The Morgan fingerprint density at radius 1 is 0.926 bits per heavy atom. The van der Waals surface area contributed by atoms with E-state index in [4.69, 9.17) is 11.6 Å². The number of ketones is 1.